The molecule has 8 heteroatoms. The third kappa shape index (κ3) is 5.47. The summed E-state index contributed by atoms with van der Waals surface area (Å²) in [7, 11) is 3.78. The minimum atomic E-state index is -1.02. The summed E-state index contributed by atoms with van der Waals surface area (Å²) in [6.45, 7) is 1.96. The van der Waals surface area contributed by atoms with Crippen molar-refractivity contribution in [3.05, 3.63) is 59.7 Å². The number of halogens is 1. The molecule has 1 aliphatic heterocycles. The number of nitrogens with one attached hydrogen (secondary N) is 2. The predicted octanol–water partition coefficient (Wildman–Crippen LogP) is 4.55. The molecule has 1 heterocycles. The van der Waals surface area contributed by atoms with E-state index in [0.717, 1.165) is 35.5 Å². The molecule has 33 heavy (non-hydrogen) atoms. The second kappa shape index (κ2) is 10.7. The van der Waals surface area contributed by atoms with Gasteiger partial charge in [0.15, 0.2) is 0 Å². The highest BCUT2D eigenvalue weighted by atomic mass is 35.5. The number of para-hydroxylation sites is 1. The molecule has 1 aliphatic carbocycles. The van der Waals surface area contributed by atoms with Gasteiger partial charge >= 0.3 is 6.03 Å². The standard InChI is InChI=1S/C25H31N5O2.ClH/c1-17-10-9-11-18(16-17)26-25(32)28-22-24(31)30(3)21-15-8-7-14-20(21)23(27-22)29(2)19-12-5-4-6-13-19;/h7-11,14-16,19,22H,4-6,12-13H2,1-3H3,(H2,26,28,32);1H. The lowest BCUT2D eigenvalue weighted by atomic mass is 9.94. The van der Waals surface area contributed by atoms with Crippen molar-refractivity contribution in [3.63, 3.8) is 0 Å². The first-order chi connectivity index (χ1) is 15.4. The van der Waals surface area contributed by atoms with Gasteiger partial charge in [-0.3, -0.25) is 4.79 Å². The maximum absolute atomic E-state index is 13.3. The fourth-order valence-corrected chi connectivity index (χ4v) is 4.53. The zero-order valence-electron chi connectivity index (χ0n) is 19.4. The van der Waals surface area contributed by atoms with Gasteiger partial charge in [0.05, 0.1) is 5.69 Å². The first kappa shape index (κ1) is 24.6. The molecule has 2 N–H and O–H groups in total. The average Bonchev–Trinajstić information content (AvgIpc) is 2.90. The number of rotatable bonds is 3. The fourth-order valence-electron chi connectivity index (χ4n) is 4.53. The molecule has 4 rings (SSSR count). The van der Waals surface area contributed by atoms with E-state index in [4.69, 9.17) is 4.99 Å². The second-order valence-electron chi connectivity index (χ2n) is 8.64. The highest BCUT2D eigenvalue weighted by Gasteiger charge is 2.33. The number of carbonyl (C=O) groups excluding carboxylic acids is 2. The largest absolute Gasteiger partial charge is 0.356 e. The van der Waals surface area contributed by atoms with Gasteiger partial charge < -0.3 is 20.4 Å². The Balaban J connectivity index is 0.00000306. The Morgan fingerprint density at radius 3 is 2.55 bits per heavy atom. The number of likely N-dealkylation sites (N-methyl/N-ethyl adjacent to an activating group) is 1. The van der Waals surface area contributed by atoms with E-state index < -0.39 is 12.2 Å². The van der Waals surface area contributed by atoms with E-state index >= 15 is 0 Å². The quantitative estimate of drug-likeness (QED) is 0.692. The molecule has 2 aromatic carbocycles. The number of aliphatic imine (C=N–C) groups is 1. The molecular formula is C25H32ClN5O2. The highest BCUT2D eigenvalue weighted by molar-refractivity contribution is 6.12. The van der Waals surface area contributed by atoms with E-state index in [1.807, 2.05) is 62.5 Å². The van der Waals surface area contributed by atoms with E-state index in [1.54, 1.807) is 11.9 Å². The van der Waals surface area contributed by atoms with Gasteiger partial charge in [0.1, 0.15) is 5.84 Å². The Kier molecular flexibility index (Phi) is 7.97. The van der Waals surface area contributed by atoms with Gasteiger partial charge in [0, 0.05) is 31.4 Å². The lowest BCUT2D eigenvalue weighted by Gasteiger charge is -2.34. The molecule has 1 atom stereocenters. The Labute approximate surface area is 201 Å². The number of carbonyl (C=O) groups is 2. The van der Waals surface area contributed by atoms with Crippen molar-refractivity contribution < 1.29 is 9.59 Å². The Hall–Kier alpha value is -3.06. The average molecular weight is 470 g/mol. The number of amidine groups is 1. The number of nitrogens with zero attached hydrogens (tertiary/aromatic N) is 3. The second-order valence-corrected chi connectivity index (χ2v) is 8.64. The third-order valence-corrected chi connectivity index (χ3v) is 6.32. The van der Waals surface area contributed by atoms with Crippen molar-refractivity contribution in [2.45, 2.75) is 51.2 Å². The molecule has 3 amide bonds. The van der Waals surface area contributed by atoms with Gasteiger partial charge in [-0.1, -0.05) is 43.5 Å². The summed E-state index contributed by atoms with van der Waals surface area (Å²) in [5.74, 6) is 0.468. The molecule has 2 aliphatic rings. The van der Waals surface area contributed by atoms with Crippen molar-refractivity contribution in [1.82, 2.24) is 10.2 Å². The minimum Gasteiger partial charge on any atom is -0.356 e. The van der Waals surface area contributed by atoms with E-state index in [2.05, 4.69) is 15.5 Å². The molecule has 0 bridgehead atoms. The van der Waals surface area contributed by atoms with E-state index in [1.165, 1.54) is 19.3 Å². The topological polar surface area (TPSA) is 77.0 Å². The molecular weight excluding hydrogens is 438 g/mol. The molecule has 7 nitrogen and oxygen atoms in total. The van der Waals surface area contributed by atoms with Crippen LogP contribution in [0.25, 0.3) is 0 Å². The SMILES string of the molecule is Cc1cccc(NC(=O)NC2N=C(N(C)C3CCCCC3)c3ccccc3N(C)C2=O)c1.Cl. The lowest BCUT2D eigenvalue weighted by molar-refractivity contribution is -0.119. The molecule has 0 radical (unpaired) electrons. The van der Waals surface area contributed by atoms with Crippen LogP contribution in [0.2, 0.25) is 0 Å². The van der Waals surface area contributed by atoms with Gasteiger partial charge in [-0.25, -0.2) is 9.79 Å². The summed E-state index contributed by atoms with van der Waals surface area (Å²) in [6.07, 6.45) is 4.85. The van der Waals surface area contributed by atoms with Crippen molar-refractivity contribution >= 4 is 41.6 Å². The summed E-state index contributed by atoms with van der Waals surface area (Å²) in [4.78, 5) is 34.6. The zero-order chi connectivity index (χ0) is 22.7. The fraction of sp³-hybridized carbons (Fsp3) is 0.400. The van der Waals surface area contributed by atoms with Crippen LogP contribution in [0.4, 0.5) is 16.2 Å². The molecule has 1 saturated carbocycles. The third-order valence-electron chi connectivity index (χ3n) is 6.32. The van der Waals surface area contributed by atoms with Gasteiger partial charge in [-0.05, 0) is 49.6 Å². The van der Waals surface area contributed by atoms with E-state index in [-0.39, 0.29) is 18.3 Å². The normalized spacial score (nSPS) is 18.4. The first-order valence-electron chi connectivity index (χ1n) is 11.3. The first-order valence-corrected chi connectivity index (χ1v) is 11.3. The maximum Gasteiger partial charge on any atom is 0.321 e. The monoisotopic (exact) mass is 469 g/mol. The van der Waals surface area contributed by atoms with E-state index in [0.29, 0.717) is 11.7 Å². The molecule has 1 unspecified atom stereocenters. The summed E-state index contributed by atoms with van der Waals surface area (Å²) in [6, 6.07) is 15.2. The Bertz CT molecular complexity index is 1030. The number of hydrogen-bond acceptors (Lipinski definition) is 4. The molecule has 0 spiro atoms. The summed E-state index contributed by atoms with van der Waals surface area (Å²) >= 11 is 0. The van der Waals surface area contributed by atoms with Gasteiger partial charge in [0.2, 0.25) is 6.17 Å². The van der Waals surface area contributed by atoms with Crippen LogP contribution in [0.15, 0.2) is 53.5 Å². The van der Waals surface area contributed by atoms with Crippen LogP contribution in [0.3, 0.4) is 0 Å². The van der Waals surface area contributed by atoms with Crippen molar-refractivity contribution in [3.8, 4) is 0 Å². The highest BCUT2D eigenvalue weighted by Crippen LogP contribution is 2.29. The molecule has 2 aromatic rings. The number of hydrogen-bond donors (Lipinski definition) is 2. The van der Waals surface area contributed by atoms with Gasteiger partial charge in [0.25, 0.3) is 5.91 Å². The zero-order valence-corrected chi connectivity index (χ0v) is 20.2. The van der Waals surface area contributed by atoms with Crippen LogP contribution in [-0.4, -0.2) is 49.0 Å². The Morgan fingerprint density at radius 1 is 1.09 bits per heavy atom. The smallest absolute Gasteiger partial charge is 0.321 e. The molecule has 1 fully saturated rings. The van der Waals surface area contributed by atoms with Gasteiger partial charge in [-0.2, -0.15) is 0 Å². The van der Waals surface area contributed by atoms with E-state index in [9.17, 15) is 9.59 Å². The van der Waals surface area contributed by atoms with Crippen LogP contribution >= 0.6 is 12.4 Å². The Morgan fingerprint density at radius 2 is 1.82 bits per heavy atom. The van der Waals surface area contributed by atoms with Crippen LogP contribution in [0, 0.1) is 6.92 Å². The predicted molar refractivity (Wildman–Crippen MR) is 135 cm³/mol. The summed E-state index contributed by atoms with van der Waals surface area (Å²) in [5, 5.41) is 5.58. The number of aryl methyl sites for hydroxylation is 1. The van der Waals surface area contributed by atoms with Crippen molar-refractivity contribution in [2.24, 2.45) is 4.99 Å². The van der Waals surface area contributed by atoms with Crippen molar-refractivity contribution in [1.29, 1.82) is 0 Å². The lowest BCUT2D eigenvalue weighted by Crippen LogP contribution is -2.48. The number of fused-ring (bicyclic) bond motifs is 1. The number of amides is 3. The summed E-state index contributed by atoms with van der Waals surface area (Å²) < 4.78 is 0. The number of urea groups is 1. The number of benzodiazepines with no additional fused rings is 1. The minimum absolute atomic E-state index is 0. The summed E-state index contributed by atoms with van der Waals surface area (Å²) in [5.41, 5.74) is 3.41. The molecule has 0 saturated heterocycles. The molecule has 176 valence electrons. The van der Waals surface area contributed by atoms with Crippen molar-refractivity contribution in [2.75, 3.05) is 24.3 Å². The van der Waals surface area contributed by atoms with Crippen LogP contribution in [0.5, 0.6) is 0 Å². The van der Waals surface area contributed by atoms with Crippen LogP contribution in [0.1, 0.15) is 43.2 Å². The number of anilines is 2. The van der Waals surface area contributed by atoms with Crippen LogP contribution in [-0.2, 0) is 4.79 Å². The maximum atomic E-state index is 13.3. The van der Waals surface area contributed by atoms with Crippen LogP contribution < -0.4 is 15.5 Å². The number of benzene rings is 2. The molecule has 0 aromatic heterocycles. The van der Waals surface area contributed by atoms with Gasteiger partial charge in [-0.15, -0.1) is 12.4 Å².